The largest absolute Gasteiger partial charge is 0.353 e. The first kappa shape index (κ1) is 16.9. The van der Waals surface area contributed by atoms with Crippen molar-refractivity contribution in [3.63, 3.8) is 0 Å². The molecule has 1 amide bonds. The van der Waals surface area contributed by atoms with E-state index in [9.17, 15) is 13.6 Å². The highest BCUT2D eigenvalue weighted by molar-refractivity contribution is 6.31. The van der Waals surface area contributed by atoms with Crippen molar-refractivity contribution in [1.29, 1.82) is 0 Å². The number of nitrogens with one attached hydrogen (secondary N) is 2. The molecule has 3 aromatic rings. The van der Waals surface area contributed by atoms with Crippen LogP contribution >= 0.6 is 11.6 Å². The molecule has 2 aromatic carbocycles. The van der Waals surface area contributed by atoms with E-state index in [-0.39, 0.29) is 16.4 Å². The summed E-state index contributed by atoms with van der Waals surface area (Å²) in [6.45, 7) is 0. The number of hydrogen-bond donors (Lipinski definition) is 2. The van der Waals surface area contributed by atoms with Crippen LogP contribution in [0.25, 0.3) is 0 Å². The average Bonchev–Trinajstić information content (AvgIpc) is 2.60. The Morgan fingerprint density at radius 1 is 0.960 bits per heavy atom. The minimum absolute atomic E-state index is 0.0965. The quantitative estimate of drug-likeness (QED) is 0.688. The van der Waals surface area contributed by atoms with Crippen LogP contribution in [0.5, 0.6) is 0 Å². The van der Waals surface area contributed by atoms with Gasteiger partial charge in [-0.05, 0) is 42.5 Å². The minimum atomic E-state index is -0.575. The molecule has 0 saturated carbocycles. The second-order valence-corrected chi connectivity index (χ2v) is 5.52. The van der Waals surface area contributed by atoms with E-state index in [0.717, 1.165) is 6.07 Å². The number of amides is 1. The summed E-state index contributed by atoms with van der Waals surface area (Å²) in [6.07, 6.45) is 1.43. The van der Waals surface area contributed by atoms with Gasteiger partial charge in [-0.2, -0.15) is 0 Å². The summed E-state index contributed by atoms with van der Waals surface area (Å²) >= 11 is 5.69. The summed E-state index contributed by atoms with van der Waals surface area (Å²) in [4.78, 5) is 16.3. The lowest BCUT2D eigenvalue weighted by Gasteiger charge is -2.09. The van der Waals surface area contributed by atoms with Crippen molar-refractivity contribution in [2.75, 3.05) is 10.6 Å². The first-order chi connectivity index (χ1) is 12.0. The molecule has 0 unspecified atom stereocenters. The van der Waals surface area contributed by atoms with Gasteiger partial charge in [0.2, 0.25) is 0 Å². The number of halogens is 3. The number of hydrogen-bond acceptors (Lipinski definition) is 3. The average molecular weight is 360 g/mol. The maximum Gasteiger partial charge on any atom is 0.274 e. The molecule has 0 aliphatic rings. The Labute approximate surface area is 147 Å². The molecule has 0 atom stereocenters. The molecule has 25 heavy (non-hydrogen) atoms. The normalized spacial score (nSPS) is 10.4. The Morgan fingerprint density at radius 3 is 2.52 bits per heavy atom. The van der Waals surface area contributed by atoms with Gasteiger partial charge in [0.05, 0.1) is 10.7 Å². The fourth-order valence-electron chi connectivity index (χ4n) is 2.12. The highest BCUT2D eigenvalue weighted by atomic mass is 35.5. The summed E-state index contributed by atoms with van der Waals surface area (Å²) in [5.74, 6) is -1.49. The fourth-order valence-corrected chi connectivity index (χ4v) is 2.30. The lowest BCUT2D eigenvalue weighted by Crippen LogP contribution is -2.14. The number of pyridine rings is 1. The molecule has 3 rings (SSSR count). The van der Waals surface area contributed by atoms with Crippen molar-refractivity contribution in [3.8, 4) is 0 Å². The monoisotopic (exact) mass is 359 g/mol. The van der Waals surface area contributed by atoms with Crippen LogP contribution in [0.4, 0.5) is 25.8 Å². The number of rotatable bonds is 4. The van der Waals surface area contributed by atoms with Gasteiger partial charge in [-0.25, -0.2) is 8.78 Å². The molecule has 126 valence electrons. The molecular formula is C18H12ClF2N3O. The van der Waals surface area contributed by atoms with E-state index in [0.29, 0.717) is 11.4 Å². The molecule has 2 N–H and O–H groups in total. The van der Waals surface area contributed by atoms with E-state index in [2.05, 4.69) is 15.6 Å². The van der Waals surface area contributed by atoms with Crippen LogP contribution in [0.2, 0.25) is 5.02 Å². The van der Waals surface area contributed by atoms with Gasteiger partial charge in [0.1, 0.15) is 17.3 Å². The lowest BCUT2D eigenvalue weighted by atomic mass is 10.2. The molecule has 0 spiro atoms. The topological polar surface area (TPSA) is 54.0 Å². The Morgan fingerprint density at radius 2 is 1.76 bits per heavy atom. The Bertz CT molecular complexity index is 934. The van der Waals surface area contributed by atoms with Gasteiger partial charge in [-0.1, -0.05) is 23.7 Å². The van der Waals surface area contributed by atoms with E-state index >= 15 is 0 Å². The van der Waals surface area contributed by atoms with Crippen LogP contribution in [-0.2, 0) is 0 Å². The summed E-state index contributed by atoms with van der Waals surface area (Å²) < 4.78 is 26.8. The third kappa shape index (κ3) is 4.10. The van der Waals surface area contributed by atoms with Crippen molar-refractivity contribution in [2.45, 2.75) is 0 Å². The van der Waals surface area contributed by atoms with Crippen LogP contribution in [0.15, 0.2) is 60.8 Å². The number of anilines is 3. The Balaban J connectivity index is 1.77. The van der Waals surface area contributed by atoms with Crippen LogP contribution < -0.4 is 10.6 Å². The molecule has 0 fully saturated rings. The molecular weight excluding hydrogens is 348 g/mol. The zero-order chi connectivity index (χ0) is 17.8. The van der Waals surface area contributed by atoms with Gasteiger partial charge in [-0.3, -0.25) is 9.78 Å². The Hall–Kier alpha value is -2.99. The standard InChI is InChI=1S/C18H12ClF2N3O/c19-13-9-11(5-6-14(13)20)24-18(25)17-10-12(7-8-22-17)23-16-4-2-1-3-15(16)21/h1-10H,(H,22,23)(H,24,25). The molecule has 1 aromatic heterocycles. The van der Waals surface area contributed by atoms with Crippen molar-refractivity contribution in [3.05, 3.63) is 83.1 Å². The van der Waals surface area contributed by atoms with Crippen LogP contribution in [0.1, 0.15) is 10.5 Å². The fraction of sp³-hybridized carbons (Fsp3) is 0. The number of benzene rings is 2. The second kappa shape index (κ2) is 7.27. The van der Waals surface area contributed by atoms with Crippen molar-refractivity contribution >= 4 is 34.6 Å². The molecule has 4 nitrogen and oxygen atoms in total. The molecule has 0 aliphatic carbocycles. The van der Waals surface area contributed by atoms with Gasteiger partial charge in [-0.15, -0.1) is 0 Å². The predicted molar refractivity (Wildman–Crippen MR) is 93.3 cm³/mol. The third-order valence-corrected chi connectivity index (χ3v) is 3.61. The molecule has 7 heteroatoms. The zero-order valence-corrected chi connectivity index (χ0v) is 13.5. The van der Waals surface area contributed by atoms with E-state index in [1.165, 1.54) is 30.5 Å². The number of nitrogens with zero attached hydrogens (tertiary/aromatic N) is 1. The smallest absolute Gasteiger partial charge is 0.274 e. The highest BCUT2D eigenvalue weighted by Gasteiger charge is 2.10. The van der Waals surface area contributed by atoms with Crippen LogP contribution in [-0.4, -0.2) is 10.9 Å². The minimum Gasteiger partial charge on any atom is -0.353 e. The van der Waals surface area contributed by atoms with E-state index in [1.807, 2.05) is 0 Å². The van der Waals surface area contributed by atoms with E-state index in [4.69, 9.17) is 11.6 Å². The first-order valence-electron chi connectivity index (χ1n) is 7.27. The molecule has 0 saturated heterocycles. The van der Waals surface area contributed by atoms with Crippen LogP contribution in [0, 0.1) is 11.6 Å². The first-order valence-corrected chi connectivity index (χ1v) is 7.65. The highest BCUT2D eigenvalue weighted by Crippen LogP contribution is 2.21. The maximum absolute atomic E-state index is 13.7. The zero-order valence-electron chi connectivity index (χ0n) is 12.8. The number of para-hydroxylation sites is 1. The van der Waals surface area contributed by atoms with Crippen molar-refractivity contribution in [1.82, 2.24) is 4.98 Å². The SMILES string of the molecule is O=C(Nc1ccc(F)c(Cl)c1)c1cc(Nc2ccccc2F)ccn1. The van der Waals surface area contributed by atoms with Crippen LogP contribution in [0.3, 0.4) is 0 Å². The predicted octanol–water partition coefficient (Wildman–Crippen LogP) is 5.01. The van der Waals surface area contributed by atoms with Gasteiger partial charge in [0, 0.05) is 17.6 Å². The lowest BCUT2D eigenvalue weighted by molar-refractivity contribution is 0.102. The molecule has 0 aliphatic heterocycles. The Kier molecular flexibility index (Phi) is 4.90. The van der Waals surface area contributed by atoms with Crippen molar-refractivity contribution in [2.24, 2.45) is 0 Å². The molecule has 0 radical (unpaired) electrons. The summed E-state index contributed by atoms with van der Waals surface area (Å²) in [5.41, 5.74) is 1.24. The third-order valence-electron chi connectivity index (χ3n) is 3.32. The second-order valence-electron chi connectivity index (χ2n) is 5.12. The number of carbonyl (C=O) groups is 1. The summed E-state index contributed by atoms with van der Waals surface area (Å²) in [7, 11) is 0. The summed E-state index contributed by atoms with van der Waals surface area (Å²) in [6, 6.07) is 13.1. The van der Waals surface area contributed by atoms with Crippen molar-refractivity contribution < 1.29 is 13.6 Å². The number of aromatic nitrogens is 1. The number of carbonyl (C=O) groups excluding carboxylic acids is 1. The van der Waals surface area contributed by atoms with Gasteiger partial charge >= 0.3 is 0 Å². The van der Waals surface area contributed by atoms with Gasteiger partial charge in [0.25, 0.3) is 5.91 Å². The molecule has 0 bridgehead atoms. The van der Waals surface area contributed by atoms with Gasteiger partial charge in [0.15, 0.2) is 0 Å². The van der Waals surface area contributed by atoms with Gasteiger partial charge < -0.3 is 10.6 Å². The van der Waals surface area contributed by atoms with E-state index < -0.39 is 17.5 Å². The van der Waals surface area contributed by atoms with E-state index in [1.54, 1.807) is 24.3 Å². The molecule has 1 heterocycles. The maximum atomic E-state index is 13.7. The summed E-state index contributed by atoms with van der Waals surface area (Å²) in [5, 5.41) is 5.36.